The van der Waals surface area contributed by atoms with Crippen molar-refractivity contribution in [3.63, 3.8) is 0 Å². The van der Waals surface area contributed by atoms with E-state index in [-0.39, 0.29) is 30.2 Å². The average Bonchev–Trinajstić information content (AvgIpc) is 2.55. The minimum Gasteiger partial charge on any atom is -0.355 e. The Balaban J connectivity index is 0.00000242. The van der Waals surface area contributed by atoms with Gasteiger partial charge < -0.3 is 11.1 Å². The molecule has 0 fully saturated rings. The first-order valence-electron chi connectivity index (χ1n) is 7.30. The summed E-state index contributed by atoms with van der Waals surface area (Å²) in [7, 11) is 0. The summed E-state index contributed by atoms with van der Waals surface area (Å²) >= 11 is 0. The van der Waals surface area contributed by atoms with Gasteiger partial charge in [-0.2, -0.15) is 0 Å². The summed E-state index contributed by atoms with van der Waals surface area (Å²) in [6, 6.07) is 19.9. The minimum absolute atomic E-state index is 0. The van der Waals surface area contributed by atoms with Gasteiger partial charge in [-0.05, 0) is 17.0 Å². The summed E-state index contributed by atoms with van der Waals surface area (Å²) in [5, 5.41) is 3.01. The van der Waals surface area contributed by atoms with Crippen molar-refractivity contribution in [1.82, 2.24) is 5.32 Å². The van der Waals surface area contributed by atoms with E-state index in [1.54, 1.807) is 0 Å². The number of rotatable bonds is 6. The molecule has 1 amide bonds. The number of halogens is 1. The van der Waals surface area contributed by atoms with Gasteiger partial charge in [-0.25, -0.2) is 0 Å². The van der Waals surface area contributed by atoms with Crippen molar-refractivity contribution in [1.29, 1.82) is 0 Å². The molecule has 0 bridgehead atoms. The number of nitrogens with two attached hydrogens (primary N) is 1. The molecule has 2 rings (SSSR count). The van der Waals surface area contributed by atoms with E-state index in [4.69, 9.17) is 5.73 Å². The molecule has 4 heteroatoms. The molecule has 0 aliphatic carbocycles. The molecule has 118 valence electrons. The van der Waals surface area contributed by atoms with Gasteiger partial charge in [0.2, 0.25) is 5.91 Å². The Morgan fingerprint density at radius 1 is 1.00 bits per heavy atom. The smallest absolute Gasteiger partial charge is 0.228 e. The van der Waals surface area contributed by atoms with Crippen molar-refractivity contribution in [2.75, 3.05) is 13.1 Å². The Bertz CT molecular complexity index is 560. The Kier molecular flexibility index (Phi) is 7.64. The van der Waals surface area contributed by atoms with Crippen LogP contribution in [0.5, 0.6) is 0 Å². The van der Waals surface area contributed by atoms with Gasteiger partial charge in [0.25, 0.3) is 0 Å². The predicted octanol–water partition coefficient (Wildman–Crippen LogP) is 3.07. The van der Waals surface area contributed by atoms with Gasteiger partial charge in [-0.3, -0.25) is 4.79 Å². The summed E-state index contributed by atoms with van der Waals surface area (Å²) in [5.74, 6) is -0.00926. The number of hydrogen-bond donors (Lipinski definition) is 2. The topological polar surface area (TPSA) is 55.1 Å². The quantitative estimate of drug-likeness (QED) is 0.860. The van der Waals surface area contributed by atoms with Gasteiger partial charge in [0.05, 0.1) is 5.92 Å². The van der Waals surface area contributed by atoms with Gasteiger partial charge in [0.1, 0.15) is 0 Å². The summed E-state index contributed by atoms with van der Waals surface area (Å²) in [4.78, 5) is 12.3. The van der Waals surface area contributed by atoms with Crippen LogP contribution in [0.3, 0.4) is 0 Å². The zero-order valence-corrected chi connectivity index (χ0v) is 13.6. The second kappa shape index (κ2) is 9.23. The first kappa shape index (κ1) is 18.2. The zero-order chi connectivity index (χ0) is 15.1. The van der Waals surface area contributed by atoms with Crippen LogP contribution >= 0.6 is 12.4 Å². The summed E-state index contributed by atoms with van der Waals surface area (Å²) in [6.45, 7) is 3.04. The fraction of sp³-hybridized carbons (Fsp3) is 0.278. The molecule has 0 aliphatic rings. The Hall–Kier alpha value is -1.84. The van der Waals surface area contributed by atoms with Crippen molar-refractivity contribution in [3.8, 4) is 0 Å². The maximum absolute atomic E-state index is 12.3. The maximum Gasteiger partial charge on any atom is 0.228 e. The second-order valence-corrected chi connectivity index (χ2v) is 5.26. The van der Waals surface area contributed by atoms with Crippen LogP contribution in [0.25, 0.3) is 0 Å². The van der Waals surface area contributed by atoms with Gasteiger partial charge in [0, 0.05) is 13.1 Å². The maximum atomic E-state index is 12.3. The van der Waals surface area contributed by atoms with E-state index in [2.05, 4.69) is 24.4 Å². The number of hydrogen-bond acceptors (Lipinski definition) is 2. The van der Waals surface area contributed by atoms with E-state index in [0.29, 0.717) is 13.1 Å². The Morgan fingerprint density at radius 2 is 1.50 bits per heavy atom. The van der Waals surface area contributed by atoms with E-state index < -0.39 is 0 Å². The average molecular weight is 319 g/mol. The highest BCUT2D eigenvalue weighted by atomic mass is 35.5. The van der Waals surface area contributed by atoms with Gasteiger partial charge in [-0.1, -0.05) is 67.6 Å². The molecule has 22 heavy (non-hydrogen) atoms. The molecule has 2 atom stereocenters. The summed E-state index contributed by atoms with van der Waals surface area (Å²) in [5.41, 5.74) is 7.95. The van der Waals surface area contributed by atoms with Crippen LogP contribution in [0.1, 0.15) is 29.9 Å². The summed E-state index contributed by atoms with van der Waals surface area (Å²) < 4.78 is 0. The second-order valence-electron chi connectivity index (χ2n) is 5.26. The Morgan fingerprint density at radius 3 is 2.00 bits per heavy atom. The van der Waals surface area contributed by atoms with Gasteiger partial charge in [0.15, 0.2) is 0 Å². The lowest BCUT2D eigenvalue weighted by Gasteiger charge is -2.18. The molecule has 2 aromatic carbocycles. The van der Waals surface area contributed by atoms with Crippen molar-refractivity contribution >= 4 is 18.3 Å². The van der Waals surface area contributed by atoms with Crippen LogP contribution in [0.15, 0.2) is 60.7 Å². The standard InChI is InChI=1S/C18H22N2O.ClH/c1-14(15-8-4-2-5-9-15)13-20-18(21)17(12-19)16-10-6-3-7-11-16;/h2-11,14,17H,12-13,19H2,1H3,(H,20,21);1H. The normalized spacial score (nSPS) is 12.8. The molecule has 2 unspecified atom stereocenters. The summed E-state index contributed by atoms with van der Waals surface area (Å²) in [6.07, 6.45) is 0. The van der Waals surface area contributed by atoms with Crippen molar-refractivity contribution < 1.29 is 4.79 Å². The number of carbonyl (C=O) groups is 1. The van der Waals surface area contributed by atoms with E-state index in [1.807, 2.05) is 48.5 Å². The lowest BCUT2D eigenvalue weighted by atomic mass is 9.97. The highest BCUT2D eigenvalue weighted by Gasteiger charge is 2.19. The van der Waals surface area contributed by atoms with Crippen LogP contribution in [0.2, 0.25) is 0 Å². The van der Waals surface area contributed by atoms with Crippen molar-refractivity contribution in [2.24, 2.45) is 5.73 Å². The molecule has 0 heterocycles. The van der Waals surface area contributed by atoms with Crippen molar-refractivity contribution in [3.05, 3.63) is 71.8 Å². The molecule has 0 saturated heterocycles. The number of amides is 1. The van der Waals surface area contributed by atoms with E-state index >= 15 is 0 Å². The number of nitrogens with one attached hydrogen (secondary N) is 1. The molecular weight excluding hydrogens is 296 g/mol. The van der Waals surface area contributed by atoms with E-state index in [1.165, 1.54) is 5.56 Å². The molecule has 0 radical (unpaired) electrons. The molecule has 0 saturated carbocycles. The zero-order valence-electron chi connectivity index (χ0n) is 12.7. The highest BCUT2D eigenvalue weighted by molar-refractivity contribution is 5.85. The molecular formula is C18H23ClN2O. The first-order chi connectivity index (χ1) is 10.2. The molecule has 0 aromatic heterocycles. The SMILES string of the molecule is CC(CNC(=O)C(CN)c1ccccc1)c1ccccc1.Cl. The fourth-order valence-electron chi connectivity index (χ4n) is 2.36. The molecule has 0 aliphatic heterocycles. The largest absolute Gasteiger partial charge is 0.355 e. The number of benzene rings is 2. The third-order valence-electron chi connectivity index (χ3n) is 3.71. The van der Waals surface area contributed by atoms with Crippen LogP contribution in [0, 0.1) is 0 Å². The van der Waals surface area contributed by atoms with E-state index in [0.717, 1.165) is 5.56 Å². The van der Waals surface area contributed by atoms with Crippen LogP contribution in [-0.4, -0.2) is 19.0 Å². The van der Waals surface area contributed by atoms with Crippen LogP contribution in [0.4, 0.5) is 0 Å². The van der Waals surface area contributed by atoms with Crippen molar-refractivity contribution in [2.45, 2.75) is 18.8 Å². The molecule has 2 aromatic rings. The van der Waals surface area contributed by atoms with Gasteiger partial charge in [-0.15, -0.1) is 12.4 Å². The predicted molar refractivity (Wildman–Crippen MR) is 93.4 cm³/mol. The lowest BCUT2D eigenvalue weighted by molar-refractivity contribution is -0.122. The third kappa shape index (κ3) is 4.86. The Labute approximate surface area is 138 Å². The minimum atomic E-state index is -0.283. The third-order valence-corrected chi connectivity index (χ3v) is 3.71. The monoisotopic (exact) mass is 318 g/mol. The molecule has 3 N–H and O–H groups in total. The highest BCUT2D eigenvalue weighted by Crippen LogP contribution is 2.16. The first-order valence-corrected chi connectivity index (χ1v) is 7.30. The molecule has 0 spiro atoms. The van der Waals surface area contributed by atoms with Crippen LogP contribution < -0.4 is 11.1 Å². The fourth-order valence-corrected chi connectivity index (χ4v) is 2.36. The molecule has 3 nitrogen and oxygen atoms in total. The van der Waals surface area contributed by atoms with Gasteiger partial charge >= 0.3 is 0 Å². The van der Waals surface area contributed by atoms with E-state index in [9.17, 15) is 4.79 Å². The number of carbonyl (C=O) groups excluding carboxylic acids is 1. The lowest BCUT2D eigenvalue weighted by Crippen LogP contribution is -2.35. The van der Waals surface area contributed by atoms with Crippen LogP contribution in [-0.2, 0) is 4.79 Å².